The Labute approximate surface area is 90.8 Å². The topological polar surface area (TPSA) is 12.9 Å². The maximum Gasteiger partial charge on any atom is 0.0478 e. The lowest BCUT2D eigenvalue weighted by Crippen LogP contribution is -1.99. The first kappa shape index (κ1) is 9.91. The van der Waals surface area contributed by atoms with Gasteiger partial charge in [0.2, 0.25) is 0 Å². The van der Waals surface area contributed by atoms with E-state index in [9.17, 15) is 0 Å². The molecule has 0 aliphatic carbocycles. The fraction of sp³-hybridized carbons (Fsp3) is 0.214. The Kier molecular flexibility index (Phi) is 2.82. The molecule has 1 aromatic heterocycles. The zero-order chi connectivity index (χ0) is 10.7. The number of hydrogen-bond acceptors (Lipinski definition) is 1. The van der Waals surface area contributed by atoms with Crippen molar-refractivity contribution >= 4 is 0 Å². The van der Waals surface area contributed by atoms with Gasteiger partial charge in [0.1, 0.15) is 0 Å². The van der Waals surface area contributed by atoms with Crippen molar-refractivity contribution in [3.8, 4) is 0 Å². The molecule has 0 aliphatic rings. The Morgan fingerprint density at radius 1 is 0.933 bits per heavy atom. The molecular formula is C14H15N. The molecular weight excluding hydrogens is 182 g/mol. The average molecular weight is 197 g/mol. The van der Waals surface area contributed by atoms with Crippen molar-refractivity contribution in [2.75, 3.05) is 0 Å². The lowest BCUT2D eigenvalue weighted by molar-refractivity contribution is 0.862. The lowest BCUT2D eigenvalue weighted by Gasteiger charge is -2.11. The summed E-state index contributed by atoms with van der Waals surface area (Å²) in [6, 6.07) is 16.7. The van der Waals surface area contributed by atoms with Gasteiger partial charge in [0, 0.05) is 17.3 Å². The van der Waals surface area contributed by atoms with Gasteiger partial charge >= 0.3 is 0 Å². The normalized spacial score (nSPS) is 12.4. The summed E-state index contributed by atoms with van der Waals surface area (Å²) in [5.41, 5.74) is 3.53. The Bertz CT molecular complexity index is 434. The predicted molar refractivity (Wildman–Crippen MR) is 62.9 cm³/mol. The molecule has 1 nitrogen and oxygen atoms in total. The summed E-state index contributed by atoms with van der Waals surface area (Å²) in [5, 5.41) is 0. The molecule has 0 saturated carbocycles. The van der Waals surface area contributed by atoms with Gasteiger partial charge in [-0.05, 0) is 24.6 Å². The van der Waals surface area contributed by atoms with Gasteiger partial charge in [-0.2, -0.15) is 0 Å². The SMILES string of the molecule is Cc1cccc([C@H](C)c2ccccc2)n1. The van der Waals surface area contributed by atoms with Gasteiger partial charge in [-0.1, -0.05) is 43.3 Å². The molecule has 1 aromatic carbocycles. The van der Waals surface area contributed by atoms with Gasteiger partial charge < -0.3 is 0 Å². The molecule has 2 aromatic rings. The highest BCUT2D eigenvalue weighted by Crippen LogP contribution is 2.21. The molecule has 0 saturated heterocycles. The van der Waals surface area contributed by atoms with Crippen molar-refractivity contribution in [3.63, 3.8) is 0 Å². The third kappa shape index (κ3) is 2.24. The number of hydrogen-bond donors (Lipinski definition) is 0. The first-order valence-electron chi connectivity index (χ1n) is 5.26. The minimum absolute atomic E-state index is 0.367. The Morgan fingerprint density at radius 3 is 2.33 bits per heavy atom. The maximum absolute atomic E-state index is 4.55. The molecule has 1 heterocycles. The fourth-order valence-corrected chi connectivity index (χ4v) is 1.72. The fourth-order valence-electron chi connectivity index (χ4n) is 1.72. The minimum atomic E-state index is 0.367. The maximum atomic E-state index is 4.55. The Hall–Kier alpha value is -1.63. The molecule has 76 valence electrons. The summed E-state index contributed by atoms with van der Waals surface area (Å²) in [4.78, 5) is 4.55. The van der Waals surface area contributed by atoms with Crippen LogP contribution in [0.5, 0.6) is 0 Å². The molecule has 0 fully saturated rings. The molecule has 0 aliphatic heterocycles. The van der Waals surface area contributed by atoms with Crippen LogP contribution in [0.15, 0.2) is 48.5 Å². The number of pyridine rings is 1. The van der Waals surface area contributed by atoms with E-state index < -0.39 is 0 Å². The van der Waals surface area contributed by atoms with Crippen LogP contribution in [0.2, 0.25) is 0 Å². The molecule has 0 bridgehead atoms. The second-order valence-corrected chi connectivity index (χ2v) is 3.84. The van der Waals surface area contributed by atoms with Gasteiger partial charge in [0.05, 0.1) is 0 Å². The van der Waals surface area contributed by atoms with E-state index in [2.05, 4.69) is 48.3 Å². The van der Waals surface area contributed by atoms with E-state index in [1.54, 1.807) is 0 Å². The molecule has 1 heteroatoms. The molecule has 2 rings (SSSR count). The van der Waals surface area contributed by atoms with Crippen LogP contribution in [0, 0.1) is 6.92 Å². The Morgan fingerprint density at radius 2 is 1.67 bits per heavy atom. The van der Waals surface area contributed by atoms with Crippen LogP contribution in [0.3, 0.4) is 0 Å². The quantitative estimate of drug-likeness (QED) is 0.717. The molecule has 15 heavy (non-hydrogen) atoms. The number of benzene rings is 1. The van der Waals surface area contributed by atoms with E-state index >= 15 is 0 Å². The minimum Gasteiger partial charge on any atom is -0.258 e. The highest BCUT2D eigenvalue weighted by atomic mass is 14.7. The van der Waals surface area contributed by atoms with Gasteiger partial charge in [-0.15, -0.1) is 0 Å². The molecule has 0 amide bonds. The smallest absolute Gasteiger partial charge is 0.0478 e. The third-order valence-corrected chi connectivity index (χ3v) is 2.65. The van der Waals surface area contributed by atoms with Gasteiger partial charge in [-0.3, -0.25) is 4.98 Å². The summed E-state index contributed by atoms with van der Waals surface area (Å²) in [7, 11) is 0. The van der Waals surface area contributed by atoms with E-state index in [0.29, 0.717) is 5.92 Å². The van der Waals surface area contributed by atoms with E-state index in [4.69, 9.17) is 0 Å². The zero-order valence-corrected chi connectivity index (χ0v) is 9.14. The molecule has 0 N–H and O–H groups in total. The zero-order valence-electron chi connectivity index (χ0n) is 9.14. The Balaban J connectivity index is 2.32. The molecule has 0 spiro atoms. The van der Waals surface area contributed by atoms with Crippen molar-refractivity contribution in [1.82, 2.24) is 4.98 Å². The molecule has 1 atom stereocenters. The van der Waals surface area contributed by atoms with Crippen LogP contribution in [0.25, 0.3) is 0 Å². The van der Waals surface area contributed by atoms with Crippen molar-refractivity contribution < 1.29 is 0 Å². The molecule has 0 radical (unpaired) electrons. The van der Waals surface area contributed by atoms with Gasteiger partial charge in [-0.25, -0.2) is 0 Å². The number of rotatable bonds is 2. The van der Waals surface area contributed by atoms with Gasteiger partial charge in [0.25, 0.3) is 0 Å². The largest absolute Gasteiger partial charge is 0.258 e. The van der Waals surface area contributed by atoms with Crippen molar-refractivity contribution in [2.24, 2.45) is 0 Å². The summed E-state index contributed by atoms with van der Waals surface area (Å²) in [6.07, 6.45) is 0. The number of aryl methyl sites for hydroxylation is 1. The first-order chi connectivity index (χ1) is 7.27. The predicted octanol–water partition coefficient (Wildman–Crippen LogP) is 3.54. The summed E-state index contributed by atoms with van der Waals surface area (Å²) in [6.45, 7) is 4.22. The monoisotopic (exact) mass is 197 g/mol. The lowest BCUT2D eigenvalue weighted by atomic mass is 9.97. The van der Waals surface area contributed by atoms with Crippen LogP contribution >= 0.6 is 0 Å². The summed E-state index contributed by atoms with van der Waals surface area (Å²) < 4.78 is 0. The number of nitrogens with zero attached hydrogens (tertiary/aromatic N) is 1. The van der Waals surface area contributed by atoms with Crippen LogP contribution < -0.4 is 0 Å². The van der Waals surface area contributed by atoms with E-state index in [-0.39, 0.29) is 0 Å². The van der Waals surface area contributed by atoms with Crippen molar-refractivity contribution in [1.29, 1.82) is 0 Å². The summed E-state index contributed by atoms with van der Waals surface area (Å²) >= 11 is 0. The highest BCUT2D eigenvalue weighted by Gasteiger charge is 2.08. The van der Waals surface area contributed by atoms with E-state index in [1.807, 2.05) is 19.1 Å². The van der Waals surface area contributed by atoms with Crippen molar-refractivity contribution in [3.05, 3.63) is 65.5 Å². The summed E-state index contributed by atoms with van der Waals surface area (Å²) in [5.74, 6) is 0.367. The molecule has 0 unspecified atom stereocenters. The first-order valence-corrected chi connectivity index (χ1v) is 5.26. The van der Waals surface area contributed by atoms with E-state index in [0.717, 1.165) is 11.4 Å². The standard InChI is InChI=1S/C14H15N/c1-11-7-6-10-14(15-11)12(2)13-8-4-3-5-9-13/h3-10,12H,1-2H3/t12-/m1/s1. The highest BCUT2D eigenvalue weighted by molar-refractivity contribution is 5.27. The van der Waals surface area contributed by atoms with Crippen LogP contribution in [-0.4, -0.2) is 4.98 Å². The van der Waals surface area contributed by atoms with E-state index in [1.165, 1.54) is 5.56 Å². The second-order valence-electron chi connectivity index (χ2n) is 3.84. The number of aromatic nitrogens is 1. The second kappa shape index (κ2) is 4.26. The van der Waals surface area contributed by atoms with Crippen LogP contribution in [0.1, 0.15) is 29.8 Å². The van der Waals surface area contributed by atoms with Crippen molar-refractivity contribution in [2.45, 2.75) is 19.8 Å². The van der Waals surface area contributed by atoms with Crippen LogP contribution in [-0.2, 0) is 0 Å². The third-order valence-electron chi connectivity index (χ3n) is 2.65. The van der Waals surface area contributed by atoms with Crippen LogP contribution in [0.4, 0.5) is 0 Å². The van der Waals surface area contributed by atoms with Gasteiger partial charge in [0.15, 0.2) is 0 Å². The average Bonchev–Trinajstić information content (AvgIpc) is 2.29.